The summed E-state index contributed by atoms with van der Waals surface area (Å²) >= 11 is 0. The van der Waals surface area contributed by atoms with Crippen molar-refractivity contribution < 1.29 is 19.4 Å². The monoisotopic (exact) mass is 440 g/mol. The third-order valence-corrected chi connectivity index (χ3v) is 6.13. The maximum Gasteiger partial charge on any atom is 0.258 e. The van der Waals surface area contributed by atoms with E-state index in [0.29, 0.717) is 23.8 Å². The first-order valence-corrected chi connectivity index (χ1v) is 11.6. The molecule has 1 aliphatic rings. The second kappa shape index (κ2) is 11.8. The largest absolute Gasteiger partial charge is 0.491 e. The Labute approximate surface area is 191 Å². The highest BCUT2D eigenvalue weighted by Crippen LogP contribution is 2.35. The molecule has 6 nitrogen and oxygen atoms in total. The van der Waals surface area contributed by atoms with Gasteiger partial charge in [0.05, 0.1) is 11.8 Å². The molecule has 2 aromatic carbocycles. The molecule has 3 rings (SSSR count). The van der Waals surface area contributed by atoms with Crippen LogP contribution in [0.2, 0.25) is 0 Å². The lowest BCUT2D eigenvalue weighted by atomic mass is 9.91. The van der Waals surface area contributed by atoms with Gasteiger partial charge in [0.2, 0.25) is 0 Å². The fraction of sp³-hybridized carbons (Fsp3) is 0.500. The van der Waals surface area contributed by atoms with Crippen LogP contribution >= 0.6 is 0 Å². The summed E-state index contributed by atoms with van der Waals surface area (Å²) in [5.41, 5.74) is 9.40. The molecule has 1 amide bonds. The van der Waals surface area contributed by atoms with E-state index in [-0.39, 0.29) is 25.2 Å². The molecule has 174 valence electrons. The molecule has 2 aromatic rings. The number of aliphatic hydroxyl groups excluding tert-OH is 1. The van der Waals surface area contributed by atoms with E-state index in [1.54, 1.807) is 0 Å². The van der Waals surface area contributed by atoms with E-state index in [4.69, 9.17) is 15.2 Å². The highest BCUT2D eigenvalue weighted by Gasteiger charge is 2.23. The minimum atomic E-state index is -0.535. The van der Waals surface area contributed by atoms with Crippen LogP contribution in [-0.2, 0) is 17.6 Å². The second-order valence-electron chi connectivity index (χ2n) is 8.76. The van der Waals surface area contributed by atoms with Gasteiger partial charge in [0.25, 0.3) is 5.91 Å². The van der Waals surface area contributed by atoms with Gasteiger partial charge in [-0.05, 0) is 80.7 Å². The van der Waals surface area contributed by atoms with Crippen molar-refractivity contribution in [1.82, 2.24) is 5.32 Å². The quantitative estimate of drug-likeness (QED) is 0.385. The number of amides is 1. The normalized spacial score (nSPS) is 17.5. The highest BCUT2D eigenvalue weighted by atomic mass is 16.5. The van der Waals surface area contributed by atoms with Crippen LogP contribution in [0, 0.1) is 5.92 Å². The van der Waals surface area contributed by atoms with Crippen molar-refractivity contribution in [2.24, 2.45) is 5.92 Å². The summed E-state index contributed by atoms with van der Waals surface area (Å²) in [6.45, 7) is 4.22. The number of hydrogen-bond donors (Lipinski definition) is 3. The Hall–Kier alpha value is -2.73. The lowest BCUT2D eigenvalue weighted by Crippen LogP contribution is -2.35. The molecular weight excluding hydrogens is 404 g/mol. The molecule has 1 aliphatic carbocycles. The van der Waals surface area contributed by atoms with Gasteiger partial charge in [-0.3, -0.25) is 4.79 Å². The number of fused-ring (bicyclic) bond motifs is 1. The molecule has 0 fully saturated rings. The number of anilines is 1. The minimum absolute atomic E-state index is 0.0493. The number of nitrogens with two attached hydrogens (primary N) is 1. The molecule has 0 aromatic heterocycles. The van der Waals surface area contributed by atoms with Crippen LogP contribution in [0.3, 0.4) is 0 Å². The topological polar surface area (TPSA) is 93.8 Å². The Bertz CT molecular complexity index is 872. The van der Waals surface area contributed by atoms with Gasteiger partial charge >= 0.3 is 0 Å². The van der Waals surface area contributed by atoms with Gasteiger partial charge in [0.1, 0.15) is 18.1 Å². The zero-order valence-electron chi connectivity index (χ0n) is 19.2. The molecular formula is C26H36N2O4. The molecule has 32 heavy (non-hydrogen) atoms. The number of rotatable bonds is 10. The van der Waals surface area contributed by atoms with E-state index in [1.165, 1.54) is 5.56 Å². The average molecular weight is 441 g/mol. The molecule has 0 saturated heterocycles. The maximum absolute atomic E-state index is 12.1. The molecule has 2 unspecified atom stereocenters. The van der Waals surface area contributed by atoms with Crippen LogP contribution in [0.25, 0.3) is 0 Å². The third-order valence-electron chi connectivity index (χ3n) is 6.13. The Morgan fingerprint density at radius 3 is 2.75 bits per heavy atom. The minimum Gasteiger partial charge on any atom is -0.491 e. The van der Waals surface area contributed by atoms with E-state index in [0.717, 1.165) is 43.4 Å². The van der Waals surface area contributed by atoms with Gasteiger partial charge in [-0.25, -0.2) is 0 Å². The zero-order valence-corrected chi connectivity index (χ0v) is 19.2. The van der Waals surface area contributed by atoms with Crippen LogP contribution in [0.5, 0.6) is 11.5 Å². The summed E-state index contributed by atoms with van der Waals surface area (Å²) in [6, 6.07) is 13.6. The number of carbonyl (C=O) groups excluding carboxylic acids is 1. The van der Waals surface area contributed by atoms with Gasteiger partial charge in [-0.15, -0.1) is 0 Å². The summed E-state index contributed by atoms with van der Waals surface area (Å²) < 4.78 is 11.5. The predicted molar refractivity (Wildman–Crippen MR) is 127 cm³/mol. The fourth-order valence-corrected chi connectivity index (χ4v) is 4.19. The van der Waals surface area contributed by atoms with E-state index in [2.05, 4.69) is 11.4 Å². The van der Waals surface area contributed by atoms with E-state index >= 15 is 0 Å². The van der Waals surface area contributed by atoms with Crippen LogP contribution in [0.4, 0.5) is 5.69 Å². The summed E-state index contributed by atoms with van der Waals surface area (Å²) in [5, 5.41) is 13.4. The standard InChI is InChI=1S/C26H36N2O4/c1-3-18(2)28-25(30)17-32-24-13-12-20-9-7-8-19(15-23(20)26(24)27)14-21(29)16-31-22-10-5-4-6-11-22/h4-6,10-13,18-19,21,29H,3,7-9,14-17,27H2,1-2H3,(H,28,30)/t18?,19?,21-/m0/s1. The van der Waals surface area contributed by atoms with Crippen molar-refractivity contribution in [2.45, 2.75) is 64.5 Å². The molecule has 6 heteroatoms. The van der Waals surface area contributed by atoms with Crippen molar-refractivity contribution in [3.05, 3.63) is 53.6 Å². The lowest BCUT2D eigenvalue weighted by Gasteiger charge is -2.21. The van der Waals surface area contributed by atoms with Crippen LogP contribution < -0.4 is 20.5 Å². The SMILES string of the molecule is CCC(C)NC(=O)COc1ccc2c(c1N)CC(C[C@H](O)COc1ccccc1)CCC2. The smallest absolute Gasteiger partial charge is 0.258 e. The van der Waals surface area contributed by atoms with Crippen molar-refractivity contribution in [3.63, 3.8) is 0 Å². The number of para-hydroxylation sites is 1. The van der Waals surface area contributed by atoms with Crippen molar-refractivity contribution >= 4 is 11.6 Å². The maximum atomic E-state index is 12.1. The number of hydrogen-bond acceptors (Lipinski definition) is 5. The average Bonchev–Trinajstić information content (AvgIpc) is 3.00. The molecule has 0 heterocycles. The number of benzene rings is 2. The Balaban J connectivity index is 1.58. The second-order valence-corrected chi connectivity index (χ2v) is 8.76. The Morgan fingerprint density at radius 1 is 1.22 bits per heavy atom. The zero-order chi connectivity index (χ0) is 22.9. The first-order chi connectivity index (χ1) is 15.5. The number of ether oxygens (including phenoxy) is 2. The Kier molecular flexibility index (Phi) is 8.80. The molecule has 0 bridgehead atoms. The molecule has 0 spiro atoms. The molecule has 0 saturated carbocycles. The summed E-state index contributed by atoms with van der Waals surface area (Å²) in [5.74, 6) is 1.49. The van der Waals surface area contributed by atoms with Gasteiger partial charge in [0.15, 0.2) is 6.61 Å². The molecule has 0 aliphatic heterocycles. The molecule has 4 N–H and O–H groups in total. The first kappa shape index (κ1) is 23.9. The van der Waals surface area contributed by atoms with E-state index in [9.17, 15) is 9.90 Å². The van der Waals surface area contributed by atoms with Crippen molar-refractivity contribution in [1.29, 1.82) is 0 Å². The van der Waals surface area contributed by atoms with E-state index < -0.39 is 6.10 Å². The van der Waals surface area contributed by atoms with Gasteiger partial charge in [-0.1, -0.05) is 31.2 Å². The fourth-order valence-electron chi connectivity index (χ4n) is 4.19. The first-order valence-electron chi connectivity index (χ1n) is 11.6. The summed E-state index contributed by atoms with van der Waals surface area (Å²) in [7, 11) is 0. The van der Waals surface area contributed by atoms with Gasteiger partial charge in [-0.2, -0.15) is 0 Å². The number of aliphatic hydroxyl groups is 1. The number of nitrogen functional groups attached to an aromatic ring is 1. The van der Waals surface area contributed by atoms with Crippen LogP contribution in [0.1, 0.15) is 50.7 Å². The summed E-state index contributed by atoms with van der Waals surface area (Å²) in [6.07, 6.45) is 4.84. The Morgan fingerprint density at radius 2 is 2.00 bits per heavy atom. The molecule has 0 radical (unpaired) electrons. The van der Waals surface area contributed by atoms with Gasteiger partial charge in [0, 0.05) is 6.04 Å². The highest BCUT2D eigenvalue weighted by molar-refractivity contribution is 5.78. The van der Waals surface area contributed by atoms with E-state index in [1.807, 2.05) is 50.2 Å². The summed E-state index contributed by atoms with van der Waals surface area (Å²) in [4.78, 5) is 12.1. The van der Waals surface area contributed by atoms with Crippen molar-refractivity contribution in [2.75, 3.05) is 18.9 Å². The predicted octanol–water partition coefficient (Wildman–Crippen LogP) is 3.89. The number of carbonyl (C=O) groups is 1. The van der Waals surface area contributed by atoms with Gasteiger partial charge < -0.3 is 25.6 Å². The number of nitrogens with one attached hydrogen (secondary N) is 1. The van der Waals surface area contributed by atoms with Crippen LogP contribution in [0.15, 0.2) is 42.5 Å². The third kappa shape index (κ3) is 6.89. The molecule has 3 atom stereocenters. The van der Waals surface area contributed by atoms with Crippen LogP contribution in [-0.4, -0.2) is 36.4 Å². The lowest BCUT2D eigenvalue weighted by molar-refractivity contribution is -0.123. The van der Waals surface area contributed by atoms with Crippen molar-refractivity contribution in [3.8, 4) is 11.5 Å². The number of aryl methyl sites for hydroxylation is 1.